The van der Waals surface area contributed by atoms with E-state index in [0.29, 0.717) is 0 Å². The third kappa shape index (κ3) is 7.40. The van der Waals surface area contributed by atoms with Crippen molar-refractivity contribution in [2.75, 3.05) is 11.9 Å². The number of hydrogen-bond donors (Lipinski definition) is 0. The third-order valence-electron chi connectivity index (χ3n) is 11.6. The Morgan fingerprint density at radius 2 is 1.61 bits per heavy atom. The molecule has 5 aliphatic rings. The number of hydrogen-bond acceptors (Lipinski definition) is 2. The van der Waals surface area contributed by atoms with Crippen LogP contribution in [-0.4, -0.2) is 18.0 Å². The average Bonchev–Trinajstić information content (AvgIpc) is 3.58. The van der Waals surface area contributed by atoms with Gasteiger partial charge in [0.25, 0.3) is 0 Å². The number of likely N-dealkylation sites (N-methyl/N-ethyl adjacent to an activating group) is 1. The topological polar surface area (TPSA) is 6.48 Å². The second-order valence-electron chi connectivity index (χ2n) is 15.9. The Bertz CT molecular complexity index is 2200. The molecule has 0 N–H and O–H groups in total. The van der Waals surface area contributed by atoms with Gasteiger partial charge in [0, 0.05) is 35.2 Å². The van der Waals surface area contributed by atoms with Crippen LogP contribution in [0.15, 0.2) is 197 Å². The molecule has 5 aliphatic carbocycles. The minimum Gasteiger partial charge on any atom is -0.344 e. The zero-order chi connectivity index (χ0) is 37.8. The second-order valence-corrected chi connectivity index (χ2v) is 15.9. The molecule has 2 heteroatoms. The summed E-state index contributed by atoms with van der Waals surface area (Å²) >= 11 is 0. The molecular weight excluding hydrogens is 653 g/mol. The van der Waals surface area contributed by atoms with E-state index in [1.165, 1.54) is 72.9 Å². The molecule has 7 rings (SSSR count). The first-order valence-corrected chi connectivity index (χ1v) is 19.8. The fourth-order valence-corrected chi connectivity index (χ4v) is 8.71. The average molecular weight is 709 g/mol. The molecule has 274 valence electrons. The van der Waals surface area contributed by atoms with E-state index in [1.54, 1.807) is 0 Å². The summed E-state index contributed by atoms with van der Waals surface area (Å²) in [6.45, 7) is 13.8. The summed E-state index contributed by atoms with van der Waals surface area (Å²) in [4.78, 5) is 4.97. The van der Waals surface area contributed by atoms with Gasteiger partial charge in [-0.1, -0.05) is 148 Å². The Morgan fingerprint density at radius 1 is 0.833 bits per heavy atom. The summed E-state index contributed by atoms with van der Waals surface area (Å²) in [5.74, 6) is 0.280. The molecule has 0 radical (unpaired) electrons. The van der Waals surface area contributed by atoms with Crippen LogP contribution in [0.2, 0.25) is 0 Å². The molecule has 0 bridgehead atoms. The van der Waals surface area contributed by atoms with E-state index < -0.39 is 0 Å². The molecule has 0 saturated carbocycles. The molecule has 2 aromatic rings. The Labute approximate surface area is 325 Å². The zero-order valence-electron chi connectivity index (χ0n) is 33.3. The van der Waals surface area contributed by atoms with E-state index in [9.17, 15) is 0 Å². The Kier molecular flexibility index (Phi) is 10.9. The monoisotopic (exact) mass is 708 g/mol. The van der Waals surface area contributed by atoms with E-state index in [0.717, 1.165) is 25.7 Å². The van der Waals surface area contributed by atoms with Crippen LogP contribution < -0.4 is 4.90 Å². The summed E-state index contributed by atoms with van der Waals surface area (Å²) in [6, 6.07) is 16.1. The highest BCUT2D eigenvalue weighted by Crippen LogP contribution is 2.53. The van der Waals surface area contributed by atoms with Crippen LogP contribution in [0.4, 0.5) is 5.69 Å². The Balaban J connectivity index is 1.23. The first-order valence-electron chi connectivity index (χ1n) is 19.8. The molecule has 0 saturated heterocycles. The first-order chi connectivity index (χ1) is 26.1. The van der Waals surface area contributed by atoms with Gasteiger partial charge >= 0.3 is 0 Å². The van der Waals surface area contributed by atoms with Crippen molar-refractivity contribution in [3.05, 3.63) is 208 Å². The lowest BCUT2D eigenvalue weighted by Gasteiger charge is -2.38. The molecule has 2 aromatic carbocycles. The molecule has 0 spiro atoms. The van der Waals surface area contributed by atoms with Crippen molar-refractivity contribution in [2.45, 2.75) is 78.7 Å². The molecule has 2 atom stereocenters. The number of fused-ring (bicyclic) bond motifs is 3. The number of anilines is 1. The van der Waals surface area contributed by atoms with Gasteiger partial charge in [0.05, 0.1) is 6.04 Å². The maximum absolute atomic E-state index is 2.64. The van der Waals surface area contributed by atoms with Crippen LogP contribution in [0.25, 0.3) is 11.1 Å². The zero-order valence-corrected chi connectivity index (χ0v) is 33.3. The van der Waals surface area contributed by atoms with Crippen molar-refractivity contribution >= 4 is 5.69 Å². The minimum absolute atomic E-state index is 0.125. The lowest BCUT2D eigenvalue weighted by atomic mass is 9.81. The van der Waals surface area contributed by atoms with Crippen molar-refractivity contribution in [3.8, 4) is 11.1 Å². The van der Waals surface area contributed by atoms with E-state index >= 15 is 0 Å². The molecule has 0 fully saturated rings. The number of rotatable bonds is 9. The first kappa shape index (κ1) is 37.0. The van der Waals surface area contributed by atoms with Crippen LogP contribution in [0.1, 0.15) is 78.4 Å². The van der Waals surface area contributed by atoms with Crippen LogP contribution >= 0.6 is 0 Å². The molecule has 0 aromatic heterocycles. The summed E-state index contributed by atoms with van der Waals surface area (Å²) in [5.41, 5.74) is 17.1. The van der Waals surface area contributed by atoms with Gasteiger partial charge in [-0.3, -0.25) is 0 Å². The maximum atomic E-state index is 2.64. The molecule has 54 heavy (non-hydrogen) atoms. The second kappa shape index (κ2) is 15.9. The van der Waals surface area contributed by atoms with Gasteiger partial charge in [-0.25, -0.2) is 0 Å². The van der Waals surface area contributed by atoms with E-state index in [2.05, 4.69) is 210 Å². The Morgan fingerprint density at radius 3 is 2.43 bits per heavy atom. The van der Waals surface area contributed by atoms with Gasteiger partial charge in [0.2, 0.25) is 0 Å². The van der Waals surface area contributed by atoms with Crippen LogP contribution in [0.3, 0.4) is 0 Å². The predicted octanol–water partition coefficient (Wildman–Crippen LogP) is 13.5. The number of allylic oxidation sites excluding steroid dienone is 21. The highest BCUT2D eigenvalue weighted by atomic mass is 15.2. The molecule has 0 aliphatic heterocycles. The molecule has 2 nitrogen and oxygen atoms in total. The van der Waals surface area contributed by atoms with E-state index in [4.69, 9.17) is 0 Å². The summed E-state index contributed by atoms with van der Waals surface area (Å²) in [5, 5.41) is 0. The lowest BCUT2D eigenvalue weighted by Crippen LogP contribution is -2.35. The van der Waals surface area contributed by atoms with Crippen LogP contribution in [-0.2, 0) is 5.41 Å². The Hall–Kier alpha value is -5.34. The van der Waals surface area contributed by atoms with E-state index in [1.807, 2.05) is 0 Å². The van der Waals surface area contributed by atoms with Crippen molar-refractivity contribution in [2.24, 2.45) is 5.92 Å². The SMILES string of the molecule is CC(C)=C(/C=C\C(C)C1=CCC(N(C2=CC=CCC(C3=CC=CC=CC3)=C2)c2cccc3c2C(C)(C)c2ccccc2-3)C=C1)N(C)C1=C(C)C=CCC=C1. The molecular formula is C52H56N2. The van der Waals surface area contributed by atoms with Crippen molar-refractivity contribution in [1.29, 1.82) is 0 Å². The molecule has 0 heterocycles. The number of nitrogens with zero attached hydrogens (tertiary/aromatic N) is 2. The standard InChI is InChI=1S/C52H56N2/c1-37(2)48(53(7)49-28-14-10-11-20-39(49)4)35-30-38(3)40-31-33-43(34-32-40)54(44-24-16-15-23-42(36-44)41-21-12-8-9-13-22-41)50-29-19-26-46-45-25-17-18-27-47(45)52(5,6)51(46)50/h8-9,11-21,24-33,35-36,38,43H,10,22-23,34H2,1-7H3/b35-30-. The summed E-state index contributed by atoms with van der Waals surface area (Å²) in [6.07, 6.45) is 45.1. The van der Waals surface area contributed by atoms with Crippen LogP contribution in [0, 0.1) is 5.92 Å². The predicted molar refractivity (Wildman–Crippen MR) is 233 cm³/mol. The molecule has 0 amide bonds. The highest BCUT2D eigenvalue weighted by Gasteiger charge is 2.39. The van der Waals surface area contributed by atoms with E-state index in [-0.39, 0.29) is 17.4 Å². The molecule has 2 unspecified atom stereocenters. The number of benzene rings is 2. The van der Waals surface area contributed by atoms with Gasteiger partial charge < -0.3 is 9.80 Å². The summed E-state index contributed by atoms with van der Waals surface area (Å²) in [7, 11) is 2.19. The van der Waals surface area contributed by atoms with Crippen molar-refractivity contribution < 1.29 is 0 Å². The fourth-order valence-electron chi connectivity index (χ4n) is 8.71. The van der Waals surface area contributed by atoms with Crippen molar-refractivity contribution in [1.82, 2.24) is 4.90 Å². The maximum Gasteiger partial charge on any atom is 0.0560 e. The third-order valence-corrected chi connectivity index (χ3v) is 11.6. The van der Waals surface area contributed by atoms with Crippen molar-refractivity contribution in [3.63, 3.8) is 0 Å². The van der Waals surface area contributed by atoms with Gasteiger partial charge in [-0.2, -0.15) is 0 Å². The lowest BCUT2D eigenvalue weighted by molar-refractivity contribution is 0.541. The highest BCUT2D eigenvalue weighted by molar-refractivity contribution is 5.87. The smallest absolute Gasteiger partial charge is 0.0560 e. The largest absolute Gasteiger partial charge is 0.344 e. The van der Waals surface area contributed by atoms with Gasteiger partial charge in [0.1, 0.15) is 0 Å². The van der Waals surface area contributed by atoms with Gasteiger partial charge in [-0.15, -0.1) is 0 Å². The van der Waals surface area contributed by atoms with Gasteiger partial charge in [0.15, 0.2) is 0 Å². The quantitative estimate of drug-likeness (QED) is 0.239. The fraction of sp³-hybridized carbons (Fsp3) is 0.269. The normalized spacial score (nSPS) is 20.3. The summed E-state index contributed by atoms with van der Waals surface area (Å²) < 4.78 is 0. The van der Waals surface area contributed by atoms with Crippen LogP contribution in [0.5, 0.6) is 0 Å². The van der Waals surface area contributed by atoms with Gasteiger partial charge in [-0.05, 0) is 127 Å². The minimum atomic E-state index is -0.125.